The van der Waals surface area contributed by atoms with Crippen molar-refractivity contribution in [1.29, 1.82) is 0 Å². The van der Waals surface area contributed by atoms with Crippen LogP contribution in [0.1, 0.15) is 39.7 Å². The van der Waals surface area contributed by atoms with Crippen LogP contribution >= 0.6 is 0 Å². The quantitative estimate of drug-likeness (QED) is 0.778. The molecule has 0 amide bonds. The molecule has 0 radical (unpaired) electrons. The van der Waals surface area contributed by atoms with Crippen LogP contribution in [0.25, 0.3) is 0 Å². The smallest absolute Gasteiger partial charge is 0.0695 e. The Balaban J connectivity index is 2.63. The normalized spacial score (nSPS) is 12.3. The van der Waals surface area contributed by atoms with E-state index in [2.05, 4.69) is 57.0 Å². The summed E-state index contributed by atoms with van der Waals surface area (Å²) in [6, 6.07) is 10.5. The van der Waals surface area contributed by atoms with Crippen molar-refractivity contribution in [3.8, 4) is 11.8 Å². The van der Waals surface area contributed by atoms with E-state index in [0.29, 0.717) is 17.9 Å². The van der Waals surface area contributed by atoms with Crippen LogP contribution in [0.15, 0.2) is 30.3 Å². The van der Waals surface area contributed by atoms with Crippen LogP contribution in [-0.4, -0.2) is 12.6 Å². The zero-order valence-electron chi connectivity index (χ0n) is 12.0. The van der Waals surface area contributed by atoms with Gasteiger partial charge in [-0.05, 0) is 36.9 Å². The Morgan fingerprint density at radius 1 is 1.00 bits per heavy atom. The molecule has 0 saturated carbocycles. The van der Waals surface area contributed by atoms with E-state index in [0.717, 1.165) is 18.5 Å². The summed E-state index contributed by atoms with van der Waals surface area (Å²) in [5.74, 6) is 7.95. The molecule has 0 aliphatic carbocycles. The van der Waals surface area contributed by atoms with Gasteiger partial charge in [0.1, 0.15) is 0 Å². The lowest BCUT2D eigenvalue weighted by atomic mass is 10.0. The molecule has 1 heteroatoms. The summed E-state index contributed by atoms with van der Waals surface area (Å²) in [7, 11) is 0. The maximum Gasteiger partial charge on any atom is 0.0695 e. The molecule has 1 nitrogen and oxygen atoms in total. The Labute approximate surface area is 112 Å². The first-order chi connectivity index (χ1) is 8.58. The van der Waals surface area contributed by atoms with Crippen LogP contribution in [0.4, 0.5) is 0 Å². The van der Waals surface area contributed by atoms with Crippen LogP contribution in [0.2, 0.25) is 0 Å². The van der Waals surface area contributed by atoms with E-state index in [4.69, 9.17) is 0 Å². The van der Waals surface area contributed by atoms with Crippen molar-refractivity contribution in [2.45, 2.75) is 40.2 Å². The van der Waals surface area contributed by atoms with Crippen molar-refractivity contribution in [2.75, 3.05) is 6.54 Å². The van der Waals surface area contributed by atoms with Crippen molar-refractivity contribution in [3.05, 3.63) is 35.9 Å². The molecule has 0 aliphatic rings. The Morgan fingerprint density at radius 3 is 2.22 bits per heavy atom. The van der Waals surface area contributed by atoms with Gasteiger partial charge in [0.15, 0.2) is 0 Å². The molecule has 0 aliphatic heterocycles. The van der Waals surface area contributed by atoms with E-state index in [1.807, 2.05) is 18.2 Å². The fraction of sp³-hybridized carbons (Fsp3) is 0.529. The second-order valence-electron chi connectivity index (χ2n) is 5.62. The average Bonchev–Trinajstić information content (AvgIpc) is 2.33. The topological polar surface area (TPSA) is 12.0 Å². The highest BCUT2D eigenvalue weighted by molar-refractivity contribution is 5.34. The number of hydrogen-bond donors (Lipinski definition) is 1. The van der Waals surface area contributed by atoms with Crippen LogP contribution in [0.5, 0.6) is 0 Å². The number of benzene rings is 1. The molecule has 98 valence electrons. The van der Waals surface area contributed by atoms with Gasteiger partial charge >= 0.3 is 0 Å². The minimum atomic E-state index is 0.299. The highest BCUT2D eigenvalue weighted by Crippen LogP contribution is 2.05. The molecule has 0 bridgehead atoms. The summed E-state index contributed by atoms with van der Waals surface area (Å²) >= 11 is 0. The summed E-state index contributed by atoms with van der Waals surface area (Å²) < 4.78 is 0. The van der Waals surface area contributed by atoms with Crippen LogP contribution < -0.4 is 5.32 Å². The third-order valence-corrected chi connectivity index (χ3v) is 2.64. The summed E-state index contributed by atoms with van der Waals surface area (Å²) in [4.78, 5) is 0. The molecule has 0 fully saturated rings. The Bertz CT molecular complexity index is 381. The van der Waals surface area contributed by atoms with Crippen LogP contribution in [0, 0.1) is 23.7 Å². The number of rotatable bonds is 5. The van der Waals surface area contributed by atoms with Crippen LogP contribution in [-0.2, 0) is 0 Å². The molecule has 0 heterocycles. The minimum absolute atomic E-state index is 0.299. The van der Waals surface area contributed by atoms with E-state index < -0.39 is 0 Å². The Hall–Kier alpha value is -1.26. The third kappa shape index (κ3) is 6.47. The number of nitrogens with one attached hydrogen (secondary N) is 1. The van der Waals surface area contributed by atoms with Crippen molar-refractivity contribution >= 4 is 0 Å². The largest absolute Gasteiger partial charge is 0.303 e. The SMILES string of the molecule is CC(C)CNC(C#Cc1ccccc1)CC(C)C. The number of hydrogen-bond acceptors (Lipinski definition) is 1. The summed E-state index contributed by atoms with van der Waals surface area (Å²) in [6.45, 7) is 9.97. The molecule has 0 spiro atoms. The highest BCUT2D eigenvalue weighted by Gasteiger charge is 2.07. The van der Waals surface area contributed by atoms with Crippen molar-refractivity contribution in [2.24, 2.45) is 11.8 Å². The molecule has 0 aromatic heterocycles. The van der Waals surface area contributed by atoms with Crippen molar-refractivity contribution < 1.29 is 0 Å². The lowest BCUT2D eigenvalue weighted by Gasteiger charge is -2.16. The first kappa shape index (κ1) is 14.8. The van der Waals surface area contributed by atoms with E-state index in [9.17, 15) is 0 Å². The van der Waals surface area contributed by atoms with Gasteiger partial charge in [-0.15, -0.1) is 0 Å². The fourth-order valence-corrected chi connectivity index (χ4v) is 1.73. The molecule has 1 unspecified atom stereocenters. The molecule has 18 heavy (non-hydrogen) atoms. The second kappa shape index (κ2) is 7.95. The third-order valence-electron chi connectivity index (χ3n) is 2.64. The Morgan fingerprint density at radius 2 is 1.67 bits per heavy atom. The van der Waals surface area contributed by atoms with Gasteiger partial charge in [-0.2, -0.15) is 0 Å². The molecule has 1 aromatic rings. The molecule has 0 saturated heterocycles. The lowest BCUT2D eigenvalue weighted by molar-refractivity contribution is 0.451. The van der Waals surface area contributed by atoms with E-state index >= 15 is 0 Å². The second-order valence-corrected chi connectivity index (χ2v) is 5.62. The van der Waals surface area contributed by atoms with Gasteiger partial charge in [-0.1, -0.05) is 57.7 Å². The van der Waals surface area contributed by atoms with Crippen molar-refractivity contribution in [1.82, 2.24) is 5.32 Å². The summed E-state index contributed by atoms with van der Waals surface area (Å²) in [5, 5.41) is 3.55. The van der Waals surface area contributed by atoms with E-state index in [-0.39, 0.29) is 0 Å². The standard InChI is InChI=1S/C17H25N/c1-14(2)12-17(18-13-15(3)4)11-10-16-8-6-5-7-9-16/h5-9,14-15,17-18H,12-13H2,1-4H3. The first-order valence-electron chi connectivity index (χ1n) is 6.88. The average molecular weight is 243 g/mol. The molecular weight excluding hydrogens is 218 g/mol. The first-order valence-corrected chi connectivity index (χ1v) is 6.88. The maximum absolute atomic E-state index is 3.55. The van der Waals surface area contributed by atoms with Gasteiger partial charge in [0.25, 0.3) is 0 Å². The lowest BCUT2D eigenvalue weighted by Crippen LogP contribution is -2.32. The van der Waals surface area contributed by atoms with Crippen molar-refractivity contribution in [3.63, 3.8) is 0 Å². The monoisotopic (exact) mass is 243 g/mol. The minimum Gasteiger partial charge on any atom is -0.303 e. The van der Waals surface area contributed by atoms with Crippen LogP contribution in [0.3, 0.4) is 0 Å². The molecular formula is C17H25N. The van der Waals surface area contributed by atoms with Gasteiger partial charge in [0.2, 0.25) is 0 Å². The predicted molar refractivity (Wildman–Crippen MR) is 79.4 cm³/mol. The molecule has 1 rings (SSSR count). The zero-order valence-corrected chi connectivity index (χ0v) is 12.0. The van der Waals surface area contributed by atoms with Gasteiger partial charge < -0.3 is 5.32 Å². The van der Waals surface area contributed by atoms with E-state index in [1.54, 1.807) is 0 Å². The van der Waals surface area contributed by atoms with Gasteiger partial charge in [0, 0.05) is 5.56 Å². The molecule has 1 atom stereocenters. The molecule has 1 aromatic carbocycles. The van der Waals surface area contributed by atoms with Gasteiger partial charge in [0.05, 0.1) is 6.04 Å². The van der Waals surface area contributed by atoms with Gasteiger partial charge in [-0.25, -0.2) is 0 Å². The summed E-state index contributed by atoms with van der Waals surface area (Å²) in [6.07, 6.45) is 1.10. The fourth-order valence-electron chi connectivity index (χ4n) is 1.73. The summed E-state index contributed by atoms with van der Waals surface area (Å²) in [5.41, 5.74) is 1.10. The highest BCUT2D eigenvalue weighted by atomic mass is 14.9. The van der Waals surface area contributed by atoms with Gasteiger partial charge in [-0.3, -0.25) is 0 Å². The molecule has 1 N–H and O–H groups in total. The zero-order chi connectivity index (χ0) is 13.4. The Kier molecular flexibility index (Phi) is 6.54. The van der Waals surface area contributed by atoms with E-state index in [1.165, 1.54) is 0 Å². The maximum atomic E-state index is 3.55. The predicted octanol–water partition coefficient (Wildman–Crippen LogP) is 3.70.